The number of carbonyl (C=O) groups is 2. The largest absolute Gasteiger partial charge is 0.461 e. The van der Waals surface area contributed by atoms with E-state index in [1.165, 1.54) is 6.26 Å². The molecule has 0 bridgehead atoms. The van der Waals surface area contributed by atoms with Crippen molar-refractivity contribution < 1.29 is 14.0 Å². The number of amides is 1. The number of hydrogen-bond acceptors (Lipinski definition) is 5. The van der Waals surface area contributed by atoms with Crippen LogP contribution in [0, 0.1) is 0 Å². The van der Waals surface area contributed by atoms with Crippen molar-refractivity contribution in [3.8, 4) is 0 Å². The number of anilines is 1. The number of carbonyl (C=O) groups excluding carboxylic acids is 2. The first-order valence-electron chi connectivity index (χ1n) is 6.98. The van der Waals surface area contributed by atoms with Gasteiger partial charge in [-0.3, -0.25) is 14.6 Å². The molecule has 6 heteroatoms. The Morgan fingerprint density at radius 1 is 1.36 bits per heavy atom. The molecular formula is C16H19N3O3. The summed E-state index contributed by atoms with van der Waals surface area (Å²) in [5.74, 6) is -0.148. The number of ketones is 1. The van der Waals surface area contributed by atoms with Crippen LogP contribution in [0.2, 0.25) is 0 Å². The minimum atomic E-state index is -0.310. The van der Waals surface area contributed by atoms with Crippen LogP contribution in [0.3, 0.4) is 0 Å². The molecule has 2 aromatic rings. The molecule has 0 saturated carbocycles. The van der Waals surface area contributed by atoms with E-state index in [1.54, 1.807) is 31.3 Å². The summed E-state index contributed by atoms with van der Waals surface area (Å²) in [7, 11) is 3.78. The molecule has 1 amide bonds. The van der Waals surface area contributed by atoms with E-state index in [0.29, 0.717) is 11.5 Å². The van der Waals surface area contributed by atoms with E-state index in [9.17, 15) is 9.59 Å². The lowest BCUT2D eigenvalue weighted by molar-refractivity contribution is 0.0904. The fourth-order valence-electron chi connectivity index (χ4n) is 1.99. The molecule has 1 atom stereocenters. The summed E-state index contributed by atoms with van der Waals surface area (Å²) in [6.45, 7) is 1.77. The Kier molecular flexibility index (Phi) is 4.93. The lowest BCUT2D eigenvalue weighted by Gasteiger charge is -2.15. The van der Waals surface area contributed by atoms with Crippen LogP contribution in [0.1, 0.15) is 34.4 Å². The van der Waals surface area contributed by atoms with E-state index in [2.05, 4.69) is 10.3 Å². The van der Waals surface area contributed by atoms with Gasteiger partial charge in [-0.15, -0.1) is 0 Å². The van der Waals surface area contributed by atoms with Crippen LogP contribution in [0.15, 0.2) is 41.1 Å². The molecule has 0 unspecified atom stereocenters. The normalized spacial score (nSPS) is 11.8. The first kappa shape index (κ1) is 15.8. The van der Waals surface area contributed by atoms with Gasteiger partial charge in [-0.25, -0.2) is 0 Å². The van der Waals surface area contributed by atoms with Crippen molar-refractivity contribution in [2.24, 2.45) is 0 Å². The zero-order valence-electron chi connectivity index (χ0n) is 12.9. The topological polar surface area (TPSA) is 75.4 Å². The van der Waals surface area contributed by atoms with E-state index in [4.69, 9.17) is 4.42 Å². The van der Waals surface area contributed by atoms with Gasteiger partial charge in [0.05, 0.1) is 6.26 Å². The Morgan fingerprint density at radius 2 is 2.14 bits per heavy atom. The molecule has 0 saturated heterocycles. The number of furan rings is 1. The maximum absolute atomic E-state index is 12.2. The third-order valence-electron chi connectivity index (χ3n) is 3.16. The molecule has 0 aliphatic carbocycles. The minimum absolute atomic E-state index is 0.146. The quantitative estimate of drug-likeness (QED) is 0.827. The van der Waals surface area contributed by atoms with Crippen molar-refractivity contribution >= 4 is 17.4 Å². The molecule has 0 fully saturated rings. The highest BCUT2D eigenvalue weighted by Crippen LogP contribution is 2.12. The standard InChI is InChI=1S/C16H19N3O3/c1-11(9-14(20)15-5-4-8-22-15)18-16(21)13-10-12(19(2)3)6-7-17-13/h4-8,10-11H,9H2,1-3H3,(H,18,21)/t11-/m0/s1. The molecule has 2 heterocycles. The molecule has 0 spiro atoms. The summed E-state index contributed by atoms with van der Waals surface area (Å²) in [6, 6.07) is 6.48. The molecular weight excluding hydrogens is 282 g/mol. The maximum atomic E-state index is 12.2. The van der Waals surface area contributed by atoms with Gasteiger partial charge in [-0.05, 0) is 31.2 Å². The van der Waals surface area contributed by atoms with Gasteiger partial charge in [-0.2, -0.15) is 0 Å². The predicted octanol–water partition coefficient (Wildman–Crippen LogP) is 2.13. The van der Waals surface area contributed by atoms with Crippen molar-refractivity contribution in [1.82, 2.24) is 10.3 Å². The summed E-state index contributed by atoms with van der Waals surface area (Å²) in [4.78, 5) is 30.0. The first-order valence-corrected chi connectivity index (χ1v) is 6.98. The summed E-state index contributed by atoms with van der Waals surface area (Å²) in [5, 5.41) is 2.77. The Bertz CT molecular complexity index is 650. The molecule has 22 heavy (non-hydrogen) atoms. The molecule has 2 aromatic heterocycles. The molecule has 116 valence electrons. The van der Waals surface area contributed by atoms with Crippen LogP contribution in [0.25, 0.3) is 0 Å². The lowest BCUT2D eigenvalue weighted by Crippen LogP contribution is -2.34. The van der Waals surface area contributed by atoms with Gasteiger partial charge in [0, 0.05) is 38.4 Å². The monoisotopic (exact) mass is 301 g/mol. The summed E-state index contributed by atoms with van der Waals surface area (Å²) < 4.78 is 5.05. The van der Waals surface area contributed by atoms with Crippen molar-refractivity contribution in [3.63, 3.8) is 0 Å². The van der Waals surface area contributed by atoms with Crippen molar-refractivity contribution in [1.29, 1.82) is 0 Å². The maximum Gasteiger partial charge on any atom is 0.270 e. The highest BCUT2D eigenvalue weighted by molar-refractivity contribution is 5.96. The second-order valence-corrected chi connectivity index (χ2v) is 5.27. The fourth-order valence-corrected chi connectivity index (χ4v) is 1.99. The summed E-state index contributed by atoms with van der Waals surface area (Å²) in [6.07, 6.45) is 3.21. The Balaban J connectivity index is 1.96. The lowest BCUT2D eigenvalue weighted by atomic mass is 10.1. The Hall–Kier alpha value is -2.63. The minimum Gasteiger partial charge on any atom is -0.461 e. The van der Waals surface area contributed by atoms with E-state index < -0.39 is 0 Å². The van der Waals surface area contributed by atoms with E-state index >= 15 is 0 Å². The van der Waals surface area contributed by atoms with Gasteiger partial charge in [0.1, 0.15) is 5.69 Å². The third kappa shape index (κ3) is 3.94. The van der Waals surface area contributed by atoms with Crippen LogP contribution >= 0.6 is 0 Å². The average molecular weight is 301 g/mol. The zero-order chi connectivity index (χ0) is 16.1. The van der Waals surface area contributed by atoms with Crippen LogP contribution in [0.5, 0.6) is 0 Å². The summed E-state index contributed by atoms with van der Waals surface area (Å²) >= 11 is 0. The molecule has 2 rings (SSSR count). The SMILES string of the molecule is C[C@@H](CC(=O)c1ccco1)NC(=O)c1cc(N(C)C)ccn1. The second-order valence-electron chi connectivity index (χ2n) is 5.27. The van der Waals surface area contributed by atoms with Gasteiger partial charge in [0.15, 0.2) is 11.5 Å². The second kappa shape index (κ2) is 6.89. The van der Waals surface area contributed by atoms with Crippen molar-refractivity contribution in [2.45, 2.75) is 19.4 Å². The zero-order valence-corrected chi connectivity index (χ0v) is 12.9. The van der Waals surface area contributed by atoms with Crippen molar-refractivity contribution in [3.05, 3.63) is 48.2 Å². The summed E-state index contributed by atoms with van der Waals surface area (Å²) in [5.41, 5.74) is 1.21. The molecule has 0 aliphatic rings. The smallest absolute Gasteiger partial charge is 0.270 e. The van der Waals surface area contributed by atoms with Crippen LogP contribution in [-0.2, 0) is 0 Å². The highest BCUT2D eigenvalue weighted by atomic mass is 16.3. The van der Waals surface area contributed by atoms with E-state index in [1.807, 2.05) is 25.1 Å². The molecule has 1 N–H and O–H groups in total. The third-order valence-corrected chi connectivity index (χ3v) is 3.16. The molecule has 0 aliphatic heterocycles. The fraction of sp³-hybridized carbons (Fsp3) is 0.312. The van der Waals surface area contributed by atoms with Gasteiger partial charge in [-0.1, -0.05) is 0 Å². The molecule has 0 aromatic carbocycles. The average Bonchev–Trinajstić information content (AvgIpc) is 3.01. The van der Waals surface area contributed by atoms with Crippen LogP contribution in [-0.4, -0.2) is 36.8 Å². The van der Waals surface area contributed by atoms with E-state index in [0.717, 1.165) is 5.69 Å². The van der Waals surface area contributed by atoms with Gasteiger partial charge in [0.25, 0.3) is 5.91 Å². The molecule has 0 radical (unpaired) electrons. The predicted molar refractivity (Wildman–Crippen MR) is 83.1 cm³/mol. The molecule has 6 nitrogen and oxygen atoms in total. The Labute approximate surface area is 129 Å². The van der Waals surface area contributed by atoms with Crippen molar-refractivity contribution in [2.75, 3.05) is 19.0 Å². The first-order chi connectivity index (χ1) is 10.5. The van der Waals surface area contributed by atoms with Crippen LogP contribution in [0.4, 0.5) is 5.69 Å². The number of pyridine rings is 1. The Morgan fingerprint density at radius 3 is 2.77 bits per heavy atom. The highest BCUT2D eigenvalue weighted by Gasteiger charge is 2.17. The number of nitrogens with one attached hydrogen (secondary N) is 1. The van der Waals surface area contributed by atoms with Crippen LogP contribution < -0.4 is 10.2 Å². The van der Waals surface area contributed by atoms with Gasteiger partial charge < -0.3 is 14.6 Å². The van der Waals surface area contributed by atoms with Gasteiger partial charge in [0.2, 0.25) is 0 Å². The number of nitrogens with zero attached hydrogens (tertiary/aromatic N) is 2. The van der Waals surface area contributed by atoms with E-state index in [-0.39, 0.29) is 24.2 Å². The number of Topliss-reactive ketones (excluding diaryl/α,β-unsaturated/α-hetero) is 1. The number of rotatable bonds is 6. The number of aromatic nitrogens is 1. The number of hydrogen-bond donors (Lipinski definition) is 1. The van der Waals surface area contributed by atoms with Gasteiger partial charge >= 0.3 is 0 Å².